The Balaban J connectivity index is 2.23. The maximum atomic E-state index is 12.2. The van der Waals surface area contributed by atoms with Gasteiger partial charge in [-0.3, -0.25) is 23.4 Å². The van der Waals surface area contributed by atoms with E-state index in [0.29, 0.717) is 5.56 Å². The molecule has 0 amide bonds. The average Bonchev–Trinajstić information content (AvgIpc) is 2.89. The Morgan fingerprint density at radius 3 is 2.67 bits per heavy atom. The van der Waals surface area contributed by atoms with Gasteiger partial charge in [0.2, 0.25) is 0 Å². The number of aromatic amines is 1. The molecule has 9 nitrogen and oxygen atoms in total. The van der Waals surface area contributed by atoms with Crippen LogP contribution in [-0.2, 0) is 23.1 Å². The van der Waals surface area contributed by atoms with Crippen molar-refractivity contribution in [1.29, 1.82) is 0 Å². The number of hydrogen-bond acceptors (Lipinski definition) is 7. The van der Waals surface area contributed by atoms with Crippen LogP contribution in [0.4, 0.5) is 0 Å². The van der Waals surface area contributed by atoms with Crippen molar-refractivity contribution in [2.75, 3.05) is 6.61 Å². The average molecular weight is 422 g/mol. The van der Waals surface area contributed by atoms with Gasteiger partial charge in [0.05, 0.1) is 18.8 Å². The molecule has 11 heteroatoms. The second-order valence-electron chi connectivity index (χ2n) is 6.99. The molecule has 1 aromatic rings. The summed E-state index contributed by atoms with van der Waals surface area (Å²) in [7, 11) is -4.26. The van der Waals surface area contributed by atoms with Crippen LogP contribution in [0.15, 0.2) is 11.0 Å². The maximum absolute atomic E-state index is 12.2. The van der Waals surface area contributed by atoms with Gasteiger partial charge in [-0.15, -0.1) is 0 Å². The number of aromatic nitrogens is 2. The topological polar surface area (TPSA) is 112 Å². The van der Waals surface area contributed by atoms with Crippen LogP contribution in [0, 0.1) is 11.7 Å². The fourth-order valence-corrected chi connectivity index (χ4v) is 4.09. The van der Waals surface area contributed by atoms with Crippen molar-refractivity contribution >= 4 is 20.0 Å². The van der Waals surface area contributed by atoms with E-state index in [4.69, 9.17) is 30.7 Å². The number of phosphoric ester groups is 1. The van der Waals surface area contributed by atoms with Gasteiger partial charge in [-0.05, 0) is 46.8 Å². The normalized spacial score (nSPS) is 25.3. The Morgan fingerprint density at radius 2 is 2.07 bits per heavy atom. The number of H-pyrrole nitrogens is 1. The SMILES string of the molecule is Cc1cn([C@H]2C[C@H](OP(=O)(O)OC(C)C)[C@@H](COC(C)C)O2)c(=S)[nH]c1=O. The van der Waals surface area contributed by atoms with Gasteiger partial charge in [-0.25, -0.2) is 4.57 Å². The van der Waals surface area contributed by atoms with Crippen molar-refractivity contribution < 1.29 is 28.0 Å². The zero-order chi connectivity index (χ0) is 20.4. The van der Waals surface area contributed by atoms with Crippen LogP contribution in [-0.4, -0.2) is 45.5 Å². The van der Waals surface area contributed by atoms with Crippen LogP contribution in [0.3, 0.4) is 0 Å². The van der Waals surface area contributed by atoms with Crippen molar-refractivity contribution in [3.63, 3.8) is 0 Å². The summed E-state index contributed by atoms with van der Waals surface area (Å²) >= 11 is 5.21. The number of nitrogens with one attached hydrogen (secondary N) is 1. The molecule has 1 unspecified atom stereocenters. The molecule has 1 saturated heterocycles. The third-order valence-corrected chi connectivity index (χ3v) is 5.38. The predicted molar refractivity (Wildman–Crippen MR) is 101 cm³/mol. The van der Waals surface area contributed by atoms with Gasteiger partial charge in [0.15, 0.2) is 4.77 Å². The van der Waals surface area contributed by atoms with E-state index in [-0.39, 0.29) is 29.5 Å². The first-order valence-electron chi connectivity index (χ1n) is 8.77. The molecule has 1 aromatic heterocycles. The van der Waals surface area contributed by atoms with E-state index in [1.807, 2.05) is 13.8 Å². The van der Waals surface area contributed by atoms with Crippen LogP contribution in [0.25, 0.3) is 0 Å². The molecular weight excluding hydrogens is 395 g/mol. The van der Waals surface area contributed by atoms with E-state index in [2.05, 4.69) is 4.98 Å². The summed E-state index contributed by atoms with van der Waals surface area (Å²) in [6.07, 6.45) is -0.577. The highest BCUT2D eigenvalue weighted by atomic mass is 32.1. The molecule has 2 N–H and O–H groups in total. The summed E-state index contributed by atoms with van der Waals surface area (Å²) in [5, 5.41) is 0. The van der Waals surface area contributed by atoms with E-state index >= 15 is 0 Å². The third kappa shape index (κ3) is 6.32. The minimum atomic E-state index is -4.26. The zero-order valence-electron chi connectivity index (χ0n) is 16.1. The quantitative estimate of drug-likeness (QED) is 0.486. The molecule has 0 spiro atoms. The highest BCUT2D eigenvalue weighted by molar-refractivity contribution is 7.71. The first kappa shape index (κ1) is 22.4. The first-order valence-corrected chi connectivity index (χ1v) is 10.7. The summed E-state index contributed by atoms with van der Waals surface area (Å²) in [5.41, 5.74) is 0.203. The molecular formula is C16H27N2O7PS. The molecule has 1 fully saturated rings. The predicted octanol–water partition coefficient (Wildman–Crippen LogP) is 2.84. The Hall–Kier alpha value is -0.870. The van der Waals surface area contributed by atoms with Crippen molar-refractivity contribution in [3.05, 3.63) is 26.9 Å². The van der Waals surface area contributed by atoms with Crippen LogP contribution in [0.5, 0.6) is 0 Å². The second-order valence-corrected chi connectivity index (χ2v) is 8.74. The Labute approximate surface area is 163 Å². The van der Waals surface area contributed by atoms with Crippen molar-refractivity contribution in [1.82, 2.24) is 9.55 Å². The van der Waals surface area contributed by atoms with E-state index in [1.54, 1.807) is 31.5 Å². The van der Waals surface area contributed by atoms with Crippen LogP contribution < -0.4 is 5.56 Å². The van der Waals surface area contributed by atoms with E-state index in [9.17, 15) is 14.3 Å². The van der Waals surface area contributed by atoms with Crippen LogP contribution in [0.1, 0.15) is 45.9 Å². The molecule has 0 radical (unpaired) electrons. The van der Waals surface area contributed by atoms with E-state index in [0.717, 1.165) is 0 Å². The first-order chi connectivity index (χ1) is 12.5. The van der Waals surface area contributed by atoms with Gasteiger partial charge in [0.1, 0.15) is 18.4 Å². The summed E-state index contributed by atoms with van der Waals surface area (Å²) < 4.78 is 35.9. The van der Waals surface area contributed by atoms with Gasteiger partial charge < -0.3 is 14.4 Å². The fraction of sp³-hybridized carbons (Fsp3) is 0.750. The zero-order valence-corrected chi connectivity index (χ0v) is 17.8. The van der Waals surface area contributed by atoms with Gasteiger partial charge in [-0.1, -0.05) is 0 Å². The molecule has 2 rings (SSSR count). The number of nitrogens with zero attached hydrogens (tertiary/aromatic N) is 1. The highest BCUT2D eigenvalue weighted by Crippen LogP contribution is 2.49. The number of rotatable bonds is 8. The number of hydrogen-bond donors (Lipinski definition) is 2. The van der Waals surface area contributed by atoms with E-state index < -0.39 is 32.4 Å². The lowest BCUT2D eigenvalue weighted by Crippen LogP contribution is -2.30. The second kappa shape index (κ2) is 9.09. The lowest BCUT2D eigenvalue weighted by Gasteiger charge is -2.22. The van der Waals surface area contributed by atoms with Gasteiger partial charge in [0, 0.05) is 18.2 Å². The number of phosphoric acid groups is 1. The van der Waals surface area contributed by atoms with E-state index in [1.165, 1.54) is 0 Å². The largest absolute Gasteiger partial charge is 0.472 e. The minimum absolute atomic E-state index is 0.0429. The molecule has 27 heavy (non-hydrogen) atoms. The molecule has 1 aliphatic heterocycles. The maximum Gasteiger partial charge on any atom is 0.472 e. The summed E-state index contributed by atoms with van der Waals surface area (Å²) in [5.74, 6) is 0. The number of aryl methyl sites for hydroxylation is 1. The molecule has 2 heterocycles. The lowest BCUT2D eigenvalue weighted by atomic mass is 10.2. The Bertz CT molecular complexity index is 807. The molecule has 0 bridgehead atoms. The van der Waals surface area contributed by atoms with Crippen LogP contribution in [0.2, 0.25) is 0 Å². The molecule has 4 atom stereocenters. The molecule has 0 aromatic carbocycles. The highest BCUT2D eigenvalue weighted by Gasteiger charge is 2.42. The monoisotopic (exact) mass is 422 g/mol. The van der Waals surface area contributed by atoms with Gasteiger partial charge in [-0.2, -0.15) is 0 Å². The Kier molecular flexibility index (Phi) is 7.54. The van der Waals surface area contributed by atoms with Gasteiger partial charge >= 0.3 is 7.82 Å². The smallest absolute Gasteiger partial charge is 0.376 e. The summed E-state index contributed by atoms with van der Waals surface area (Å²) in [6, 6.07) is 0. The van der Waals surface area contributed by atoms with Crippen LogP contribution >= 0.6 is 20.0 Å². The molecule has 0 saturated carbocycles. The summed E-state index contributed by atoms with van der Waals surface area (Å²) in [6.45, 7) is 8.87. The molecule has 1 aliphatic rings. The minimum Gasteiger partial charge on any atom is -0.376 e. The summed E-state index contributed by atoms with van der Waals surface area (Å²) in [4.78, 5) is 24.2. The molecule has 154 valence electrons. The molecule has 0 aliphatic carbocycles. The third-order valence-electron chi connectivity index (χ3n) is 3.84. The fourth-order valence-electron chi connectivity index (χ4n) is 2.68. The number of ether oxygens (including phenoxy) is 2. The van der Waals surface area contributed by atoms with Crippen molar-refractivity contribution in [2.45, 2.75) is 71.7 Å². The Morgan fingerprint density at radius 1 is 1.41 bits per heavy atom. The van der Waals surface area contributed by atoms with Crippen molar-refractivity contribution in [2.24, 2.45) is 0 Å². The van der Waals surface area contributed by atoms with Gasteiger partial charge in [0.25, 0.3) is 5.56 Å². The lowest BCUT2D eigenvalue weighted by molar-refractivity contribution is -0.0746. The standard InChI is InChI=1S/C16H27N2O7PS/c1-9(2)22-8-13-12(25-26(20,21)24-10(3)4)6-14(23-13)18-7-11(5)15(19)17-16(18)27/h7,9-10,12-14H,6,8H2,1-5H3,(H,20,21)(H,17,19,27)/t12-,13+,14+/m0/s1. The van der Waals surface area contributed by atoms with Crippen molar-refractivity contribution in [3.8, 4) is 0 Å².